The molecule has 3 aromatic carbocycles. The van der Waals surface area contributed by atoms with Gasteiger partial charge in [-0.2, -0.15) is 5.26 Å². The third kappa shape index (κ3) is 5.68. The van der Waals surface area contributed by atoms with Crippen molar-refractivity contribution < 1.29 is 0 Å². The van der Waals surface area contributed by atoms with E-state index in [2.05, 4.69) is 91.5 Å². The summed E-state index contributed by atoms with van der Waals surface area (Å²) < 4.78 is 0. The van der Waals surface area contributed by atoms with Gasteiger partial charge in [-0.05, 0) is 72.4 Å². The first-order chi connectivity index (χ1) is 17.2. The number of aryl methyl sites for hydroxylation is 2. The maximum Gasteiger partial charge on any atom is 0.111 e. The van der Waals surface area contributed by atoms with Gasteiger partial charge in [-0.25, -0.2) is 0 Å². The lowest BCUT2D eigenvalue weighted by molar-refractivity contribution is 0.308. The first-order valence-electron chi connectivity index (χ1n) is 13.6. The van der Waals surface area contributed by atoms with Gasteiger partial charge in [-0.15, -0.1) is 0 Å². The molecule has 35 heavy (non-hydrogen) atoms. The highest BCUT2D eigenvalue weighted by molar-refractivity contribution is 5.47. The van der Waals surface area contributed by atoms with Crippen molar-refractivity contribution in [2.24, 2.45) is 5.92 Å². The molecule has 182 valence electrons. The predicted molar refractivity (Wildman–Crippen MR) is 147 cm³/mol. The molecule has 1 fully saturated rings. The first kappa shape index (κ1) is 25.2. The predicted octanol–water partition coefficient (Wildman–Crippen LogP) is 7.36. The largest absolute Gasteiger partial charge is 0.303 e. The Labute approximate surface area is 212 Å². The van der Waals surface area contributed by atoms with E-state index < -0.39 is 5.41 Å². The van der Waals surface area contributed by atoms with Crippen LogP contribution in [0.3, 0.4) is 0 Å². The molecule has 0 N–H and O–H groups in total. The van der Waals surface area contributed by atoms with Gasteiger partial charge >= 0.3 is 0 Å². The topological polar surface area (TPSA) is 27.0 Å². The van der Waals surface area contributed by atoms with Crippen molar-refractivity contribution in [2.45, 2.75) is 64.2 Å². The van der Waals surface area contributed by atoms with Crippen molar-refractivity contribution in [1.29, 1.82) is 5.26 Å². The second-order valence-corrected chi connectivity index (χ2v) is 10.1. The van der Waals surface area contributed by atoms with E-state index in [1.54, 1.807) is 11.1 Å². The second-order valence-electron chi connectivity index (χ2n) is 10.1. The Balaban J connectivity index is 1.49. The summed E-state index contributed by atoms with van der Waals surface area (Å²) in [6.45, 7) is 7.63. The number of likely N-dealkylation sites (tertiary alicyclic amines) is 1. The number of benzene rings is 3. The molecule has 1 aliphatic rings. The average Bonchev–Trinajstić information content (AvgIpc) is 3.38. The number of nitrogens with zero attached hydrogens (tertiary/aromatic N) is 2. The molecule has 3 aromatic rings. The third-order valence-corrected chi connectivity index (χ3v) is 7.83. The van der Waals surface area contributed by atoms with E-state index >= 15 is 0 Å². The van der Waals surface area contributed by atoms with Gasteiger partial charge in [0.1, 0.15) is 5.41 Å². The smallest absolute Gasteiger partial charge is 0.111 e. The fourth-order valence-electron chi connectivity index (χ4n) is 5.88. The van der Waals surface area contributed by atoms with Gasteiger partial charge in [0, 0.05) is 13.1 Å². The molecule has 0 radical (unpaired) electrons. The van der Waals surface area contributed by atoms with Gasteiger partial charge < -0.3 is 4.90 Å². The van der Waals surface area contributed by atoms with Gasteiger partial charge in [-0.1, -0.05) is 106 Å². The lowest BCUT2D eigenvalue weighted by atomic mass is 9.66. The van der Waals surface area contributed by atoms with Gasteiger partial charge in [0.05, 0.1) is 6.07 Å². The Hall–Kier alpha value is -2.89. The number of nitriles is 1. The zero-order valence-electron chi connectivity index (χ0n) is 21.5. The Kier molecular flexibility index (Phi) is 8.78. The van der Waals surface area contributed by atoms with Crippen molar-refractivity contribution in [1.82, 2.24) is 4.90 Å². The van der Waals surface area contributed by atoms with Gasteiger partial charge in [0.15, 0.2) is 0 Å². The number of hydrogen-bond acceptors (Lipinski definition) is 2. The molecular weight excluding hydrogens is 424 g/mol. The molecule has 4 rings (SSSR count). The molecule has 0 aromatic heterocycles. The van der Waals surface area contributed by atoms with E-state index in [0.717, 1.165) is 43.6 Å². The molecule has 1 aliphatic heterocycles. The summed E-state index contributed by atoms with van der Waals surface area (Å²) in [5.74, 6) is 0.282. The molecule has 0 amide bonds. The molecule has 1 atom stereocenters. The van der Waals surface area contributed by atoms with Crippen LogP contribution in [0.4, 0.5) is 0 Å². The van der Waals surface area contributed by atoms with Gasteiger partial charge in [0.25, 0.3) is 0 Å². The molecule has 0 unspecified atom stereocenters. The minimum absolute atomic E-state index is 0.282. The monoisotopic (exact) mass is 464 g/mol. The van der Waals surface area contributed by atoms with Gasteiger partial charge in [0.2, 0.25) is 0 Å². The summed E-state index contributed by atoms with van der Waals surface area (Å²) in [5.41, 5.74) is 6.18. The van der Waals surface area contributed by atoms with Crippen molar-refractivity contribution >= 4 is 0 Å². The van der Waals surface area contributed by atoms with Crippen LogP contribution in [0.15, 0.2) is 78.9 Å². The van der Waals surface area contributed by atoms with E-state index in [1.807, 2.05) is 12.1 Å². The summed E-state index contributed by atoms with van der Waals surface area (Å²) in [6, 6.07) is 30.9. The van der Waals surface area contributed by atoms with Crippen molar-refractivity contribution in [3.05, 3.63) is 107 Å². The summed E-state index contributed by atoms with van der Waals surface area (Å²) in [5, 5.41) is 10.6. The third-order valence-electron chi connectivity index (χ3n) is 7.83. The molecule has 0 saturated carbocycles. The first-order valence-corrected chi connectivity index (χ1v) is 13.6. The van der Waals surface area contributed by atoms with Crippen LogP contribution >= 0.6 is 0 Å². The van der Waals surface area contributed by atoms with Crippen LogP contribution in [-0.2, 0) is 24.7 Å². The van der Waals surface area contributed by atoms with Crippen LogP contribution in [0.5, 0.6) is 0 Å². The highest BCUT2D eigenvalue weighted by Gasteiger charge is 2.45. The molecule has 0 aliphatic carbocycles. The Morgan fingerprint density at radius 1 is 0.829 bits per heavy atom. The zero-order chi connectivity index (χ0) is 24.5. The maximum atomic E-state index is 10.6. The molecular formula is C33H40N2. The van der Waals surface area contributed by atoms with Crippen molar-refractivity contribution in [3.63, 3.8) is 0 Å². The molecule has 2 nitrogen and oxygen atoms in total. The molecule has 1 heterocycles. The lowest BCUT2D eigenvalue weighted by Crippen LogP contribution is -2.37. The molecule has 2 heteroatoms. The van der Waals surface area contributed by atoms with E-state index in [9.17, 15) is 5.26 Å². The standard InChI is InChI=1S/C33H40N2/c1-3-5-13-28-19-18-27(24-29(28)12-4-2)20-22-35-23-21-32(25-35)33(26-34,30-14-8-6-9-15-30)31-16-10-7-11-17-31/h6-11,14-19,24,32H,3-5,12-13,20-23,25H2,1-2H3/t32-/m1/s1. The quantitative estimate of drug-likeness (QED) is 0.296. The Morgan fingerprint density at radius 3 is 2.11 bits per heavy atom. The summed E-state index contributed by atoms with van der Waals surface area (Å²) in [4.78, 5) is 2.58. The highest BCUT2D eigenvalue weighted by Crippen LogP contribution is 2.43. The average molecular weight is 465 g/mol. The van der Waals surface area contributed by atoms with E-state index in [1.165, 1.54) is 37.7 Å². The van der Waals surface area contributed by atoms with Crippen LogP contribution in [0.2, 0.25) is 0 Å². The number of unbranched alkanes of at least 4 members (excludes halogenated alkanes) is 1. The fraction of sp³-hybridized carbons (Fsp3) is 0.424. The van der Waals surface area contributed by atoms with Crippen LogP contribution < -0.4 is 0 Å². The van der Waals surface area contributed by atoms with Gasteiger partial charge in [-0.3, -0.25) is 0 Å². The SMILES string of the molecule is CCCCc1ccc(CCN2CC[C@@H](C(C#N)(c3ccccc3)c3ccccc3)C2)cc1CCC. The van der Waals surface area contributed by atoms with Crippen LogP contribution in [0, 0.1) is 17.2 Å². The fourth-order valence-corrected chi connectivity index (χ4v) is 5.88. The summed E-state index contributed by atoms with van der Waals surface area (Å²) in [6.07, 6.45) is 8.23. The molecule has 0 bridgehead atoms. The van der Waals surface area contributed by atoms with Crippen molar-refractivity contribution in [2.75, 3.05) is 19.6 Å². The molecule has 0 spiro atoms. The summed E-state index contributed by atoms with van der Waals surface area (Å²) >= 11 is 0. The number of rotatable bonds is 11. The normalized spacial score (nSPS) is 16.3. The molecule has 1 saturated heterocycles. The Bertz CT molecular complexity index is 1060. The van der Waals surface area contributed by atoms with Crippen LogP contribution in [0.1, 0.15) is 67.3 Å². The minimum atomic E-state index is -0.605. The van der Waals surface area contributed by atoms with Crippen molar-refractivity contribution in [3.8, 4) is 6.07 Å². The maximum absolute atomic E-state index is 10.6. The van der Waals surface area contributed by atoms with Crippen LogP contribution in [0.25, 0.3) is 0 Å². The van der Waals surface area contributed by atoms with E-state index in [0.29, 0.717) is 0 Å². The Morgan fingerprint density at radius 2 is 1.51 bits per heavy atom. The zero-order valence-corrected chi connectivity index (χ0v) is 21.5. The highest BCUT2D eigenvalue weighted by atomic mass is 15.1. The second kappa shape index (κ2) is 12.2. The van der Waals surface area contributed by atoms with Crippen LogP contribution in [-0.4, -0.2) is 24.5 Å². The van der Waals surface area contributed by atoms with E-state index in [-0.39, 0.29) is 5.92 Å². The lowest BCUT2D eigenvalue weighted by Gasteiger charge is -2.34. The number of hydrogen-bond donors (Lipinski definition) is 0. The summed E-state index contributed by atoms with van der Waals surface area (Å²) in [7, 11) is 0. The minimum Gasteiger partial charge on any atom is -0.303 e. The van der Waals surface area contributed by atoms with E-state index in [4.69, 9.17) is 0 Å².